The molecule has 1 saturated heterocycles. The molecule has 1 aliphatic rings. The minimum atomic E-state index is 0.597. The lowest BCUT2D eigenvalue weighted by Crippen LogP contribution is -2.50. The summed E-state index contributed by atoms with van der Waals surface area (Å²) in [4.78, 5) is 2.52. The van der Waals surface area contributed by atoms with Crippen LogP contribution in [0.25, 0.3) is 0 Å². The first-order valence-corrected chi connectivity index (χ1v) is 6.29. The third-order valence-corrected chi connectivity index (χ3v) is 3.48. The van der Waals surface area contributed by atoms with Crippen LogP contribution in [0.5, 0.6) is 0 Å². The molecule has 1 aromatic carbocycles. The van der Waals surface area contributed by atoms with E-state index in [9.17, 15) is 0 Å². The molecule has 0 saturated carbocycles. The number of anilines is 1. The van der Waals surface area contributed by atoms with Gasteiger partial charge in [-0.1, -0.05) is 19.1 Å². The number of piperazine rings is 1. The van der Waals surface area contributed by atoms with Crippen molar-refractivity contribution in [1.82, 2.24) is 5.32 Å². The highest BCUT2D eigenvalue weighted by atomic mass is 15.2. The molecule has 1 fully saturated rings. The highest BCUT2D eigenvalue weighted by Gasteiger charge is 2.19. The molecule has 1 N–H and O–H groups in total. The second kappa shape index (κ2) is 4.88. The summed E-state index contributed by atoms with van der Waals surface area (Å²) in [5, 5.41) is 3.43. The molecule has 0 bridgehead atoms. The predicted molar refractivity (Wildman–Crippen MR) is 70.2 cm³/mol. The molecule has 0 spiro atoms. The molecule has 0 aliphatic carbocycles. The molecular weight excluding hydrogens is 196 g/mol. The van der Waals surface area contributed by atoms with Gasteiger partial charge >= 0.3 is 0 Å². The molecule has 0 aromatic heterocycles. The quantitative estimate of drug-likeness (QED) is 0.820. The number of hydrogen-bond acceptors (Lipinski definition) is 2. The van der Waals surface area contributed by atoms with Gasteiger partial charge in [-0.25, -0.2) is 0 Å². The smallest absolute Gasteiger partial charge is 0.0399 e. The maximum atomic E-state index is 3.43. The molecule has 0 radical (unpaired) electrons. The van der Waals surface area contributed by atoms with Gasteiger partial charge in [0.1, 0.15) is 0 Å². The summed E-state index contributed by atoms with van der Waals surface area (Å²) in [5.41, 5.74) is 4.25. The molecule has 16 heavy (non-hydrogen) atoms. The van der Waals surface area contributed by atoms with E-state index in [1.54, 1.807) is 0 Å². The van der Waals surface area contributed by atoms with E-state index in [1.165, 1.54) is 16.8 Å². The van der Waals surface area contributed by atoms with Gasteiger partial charge in [-0.2, -0.15) is 0 Å². The molecule has 1 aliphatic heterocycles. The molecule has 1 aromatic rings. The normalized spacial score (nSPS) is 21.2. The van der Waals surface area contributed by atoms with Crippen molar-refractivity contribution in [3.05, 3.63) is 29.3 Å². The lowest BCUT2D eigenvalue weighted by molar-refractivity contribution is 0.500. The van der Waals surface area contributed by atoms with Gasteiger partial charge in [-0.05, 0) is 37.5 Å². The van der Waals surface area contributed by atoms with Crippen LogP contribution < -0.4 is 10.2 Å². The zero-order chi connectivity index (χ0) is 11.5. The number of nitrogens with one attached hydrogen (secondary N) is 1. The largest absolute Gasteiger partial charge is 0.366 e. The summed E-state index contributed by atoms with van der Waals surface area (Å²) in [6.07, 6.45) is 1.12. The Balaban J connectivity index is 2.25. The number of rotatable bonds is 2. The Labute approximate surface area is 98.7 Å². The number of hydrogen-bond donors (Lipinski definition) is 1. The molecule has 1 atom stereocenters. The molecule has 1 heterocycles. The Kier molecular flexibility index (Phi) is 3.49. The topological polar surface area (TPSA) is 15.3 Å². The summed E-state index contributed by atoms with van der Waals surface area (Å²) in [5.74, 6) is 0. The Morgan fingerprint density at radius 3 is 2.88 bits per heavy atom. The Bertz CT molecular complexity index is 360. The standard InChI is InChI=1S/C14H22N2/c1-4-13-5-6-14(11(2)9-13)16-8-7-15-10-12(16)3/h5-6,9,12,15H,4,7-8,10H2,1-3H3/t12-/m0/s1. The van der Waals surface area contributed by atoms with E-state index in [1.807, 2.05) is 0 Å². The predicted octanol–water partition coefficient (Wildman–Crippen LogP) is 2.36. The van der Waals surface area contributed by atoms with Crippen molar-refractivity contribution >= 4 is 5.69 Å². The molecule has 0 unspecified atom stereocenters. The molecule has 2 nitrogen and oxygen atoms in total. The van der Waals surface area contributed by atoms with E-state index in [-0.39, 0.29) is 0 Å². The monoisotopic (exact) mass is 218 g/mol. The fourth-order valence-corrected chi connectivity index (χ4v) is 2.46. The minimum Gasteiger partial charge on any atom is -0.366 e. The van der Waals surface area contributed by atoms with E-state index in [0.717, 1.165) is 26.1 Å². The molecular formula is C14H22N2. The minimum absolute atomic E-state index is 0.597. The van der Waals surface area contributed by atoms with Gasteiger partial charge in [0.25, 0.3) is 0 Å². The van der Waals surface area contributed by atoms with Gasteiger partial charge in [-0.3, -0.25) is 0 Å². The van der Waals surface area contributed by atoms with E-state index in [4.69, 9.17) is 0 Å². The van der Waals surface area contributed by atoms with Crippen molar-refractivity contribution in [2.75, 3.05) is 24.5 Å². The summed E-state index contributed by atoms with van der Waals surface area (Å²) in [7, 11) is 0. The Hall–Kier alpha value is -1.02. The third kappa shape index (κ3) is 2.22. The second-order valence-corrected chi connectivity index (χ2v) is 4.72. The molecule has 2 heteroatoms. The second-order valence-electron chi connectivity index (χ2n) is 4.72. The van der Waals surface area contributed by atoms with Crippen LogP contribution in [0.15, 0.2) is 18.2 Å². The highest BCUT2D eigenvalue weighted by Crippen LogP contribution is 2.24. The fraction of sp³-hybridized carbons (Fsp3) is 0.571. The molecule has 0 amide bonds. The van der Waals surface area contributed by atoms with Gasteiger partial charge in [0.15, 0.2) is 0 Å². The van der Waals surface area contributed by atoms with E-state index in [2.05, 4.69) is 49.2 Å². The fourth-order valence-electron chi connectivity index (χ4n) is 2.46. The van der Waals surface area contributed by atoms with Crippen LogP contribution in [0.3, 0.4) is 0 Å². The first kappa shape index (κ1) is 11.5. The van der Waals surface area contributed by atoms with Crippen LogP contribution >= 0.6 is 0 Å². The van der Waals surface area contributed by atoms with Gasteiger partial charge in [0, 0.05) is 31.4 Å². The van der Waals surface area contributed by atoms with Gasteiger partial charge in [0.05, 0.1) is 0 Å². The van der Waals surface area contributed by atoms with E-state index >= 15 is 0 Å². The third-order valence-electron chi connectivity index (χ3n) is 3.48. The van der Waals surface area contributed by atoms with Crippen LogP contribution in [-0.2, 0) is 6.42 Å². The maximum absolute atomic E-state index is 3.43. The zero-order valence-electron chi connectivity index (χ0n) is 10.6. The SMILES string of the molecule is CCc1ccc(N2CCNC[C@@H]2C)c(C)c1. The maximum Gasteiger partial charge on any atom is 0.0399 e. The first-order chi connectivity index (χ1) is 7.72. The molecule has 2 rings (SSSR count). The number of nitrogens with zero attached hydrogens (tertiary/aromatic N) is 1. The van der Waals surface area contributed by atoms with Crippen molar-refractivity contribution < 1.29 is 0 Å². The average molecular weight is 218 g/mol. The van der Waals surface area contributed by atoms with Crippen molar-refractivity contribution in [1.29, 1.82) is 0 Å². The van der Waals surface area contributed by atoms with Crippen LogP contribution in [-0.4, -0.2) is 25.7 Å². The van der Waals surface area contributed by atoms with E-state index < -0.39 is 0 Å². The Morgan fingerprint density at radius 2 is 2.25 bits per heavy atom. The van der Waals surface area contributed by atoms with Crippen LogP contribution in [0.1, 0.15) is 25.0 Å². The van der Waals surface area contributed by atoms with Crippen molar-refractivity contribution in [2.45, 2.75) is 33.2 Å². The first-order valence-electron chi connectivity index (χ1n) is 6.29. The summed E-state index contributed by atoms with van der Waals surface area (Å²) in [6, 6.07) is 7.47. The number of aryl methyl sites for hydroxylation is 2. The summed E-state index contributed by atoms with van der Waals surface area (Å²) >= 11 is 0. The average Bonchev–Trinajstić information content (AvgIpc) is 2.30. The van der Waals surface area contributed by atoms with Crippen molar-refractivity contribution in [3.8, 4) is 0 Å². The number of benzene rings is 1. The van der Waals surface area contributed by atoms with Crippen molar-refractivity contribution in [3.63, 3.8) is 0 Å². The summed E-state index contributed by atoms with van der Waals surface area (Å²) < 4.78 is 0. The van der Waals surface area contributed by atoms with Gasteiger partial charge in [-0.15, -0.1) is 0 Å². The highest BCUT2D eigenvalue weighted by molar-refractivity contribution is 5.55. The van der Waals surface area contributed by atoms with Crippen LogP contribution in [0, 0.1) is 6.92 Å². The van der Waals surface area contributed by atoms with Gasteiger partial charge in [0.2, 0.25) is 0 Å². The van der Waals surface area contributed by atoms with Crippen LogP contribution in [0.4, 0.5) is 5.69 Å². The van der Waals surface area contributed by atoms with Gasteiger partial charge < -0.3 is 10.2 Å². The Morgan fingerprint density at radius 1 is 1.44 bits per heavy atom. The lowest BCUT2D eigenvalue weighted by Gasteiger charge is -2.37. The molecule has 88 valence electrons. The van der Waals surface area contributed by atoms with E-state index in [0.29, 0.717) is 6.04 Å². The van der Waals surface area contributed by atoms with Crippen LogP contribution in [0.2, 0.25) is 0 Å². The zero-order valence-corrected chi connectivity index (χ0v) is 10.6. The van der Waals surface area contributed by atoms with Crippen molar-refractivity contribution in [2.24, 2.45) is 0 Å². The summed E-state index contributed by atoms with van der Waals surface area (Å²) in [6.45, 7) is 10.0. The lowest BCUT2D eigenvalue weighted by atomic mass is 10.1.